The van der Waals surface area contributed by atoms with Crippen molar-refractivity contribution in [3.63, 3.8) is 0 Å². The number of hydrogen-bond acceptors (Lipinski definition) is 9. The largest absolute Gasteiger partial charge is 0.438 e. The van der Waals surface area contributed by atoms with E-state index in [2.05, 4.69) is 0 Å². The van der Waals surface area contributed by atoms with Crippen LogP contribution in [0.3, 0.4) is 0 Å². The van der Waals surface area contributed by atoms with Gasteiger partial charge in [0, 0.05) is 12.7 Å². The predicted octanol–water partition coefficient (Wildman–Crippen LogP) is 4.80. The lowest BCUT2D eigenvalue weighted by Gasteiger charge is -2.21. The molecule has 1 amide bonds. The van der Waals surface area contributed by atoms with Crippen molar-refractivity contribution in [3.05, 3.63) is 47.8 Å². The number of nitrogens with zero attached hydrogens (tertiary/aromatic N) is 1. The number of amides is 1. The first kappa shape index (κ1) is 30.5. The van der Waals surface area contributed by atoms with Crippen LogP contribution in [0, 0.1) is 10.8 Å². The third-order valence-corrected chi connectivity index (χ3v) is 5.72. The minimum absolute atomic E-state index is 0.0670. The van der Waals surface area contributed by atoms with Gasteiger partial charge < -0.3 is 9.47 Å². The van der Waals surface area contributed by atoms with Crippen molar-refractivity contribution in [3.8, 4) is 0 Å². The summed E-state index contributed by atoms with van der Waals surface area (Å²) < 4.78 is 33.5. The van der Waals surface area contributed by atoms with Gasteiger partial charge in [0.2, 0.25) is 19.5 Å². The van der Waals surface area contributed by atoms with E-state index in [4.69, 9.17) is 23.4 Å². The maximum atomic E-state index is 13.1. The fourth-order valence-electron chi connectivity index (χ4n) is 2.13. The Labute approximate surface area is 207 Å². The number of benzene rings is 1. The molecule has 35 heavy (non-hydrogen) atoms. The molecule has 0 saturated carbocycles. The van der Waals surface area contributed by atoms with Crippen LogP contribution in [0.25, 0.3) is 0 Å². The average Bonchev–Trinajstić information content (AvgIpc) is 2.75. The van der Waals surface area contributed by atoms with Crippen molar-refractivity contribution in [2.24, 2.45) is 10.8 Å². The van der Waals surface area contributed by atoms with E-state index in [1.807, 2.05) is 30.3 Å². The first-order valence-corrected chi connectivity index (χ1v) is 12.6. The zero-order valence-electron chi connectivity index (χ0n) is 21.4. The van der Waals surface area contributed by atoms with E-state index in [9.17, 15) is 18.9 Å². The van der Waals surface area contributed by atoms with Gasteiger partial charge in [-0.1, -0.05) is 36.4 Å². The van der Waals surface area contributed by atoms with Gasteiger partial charge in [0.1, 0.15) is 6.61 Å². The number of hydrogen-bond donors (Lipinski definition) is 0. The summed E-state index contributed by atoms with van der Waals surface area (Å²) in [5.74, 6) is -0.418. The molecular weight excluding hydrogens is 477 g/mol. The molecule has 1 aromatic carbocycles. The van der Waals surface area contributed by atoms with Crippen LogP contribution in [0.4, 0.5) is 0 Å². The van der Waals surface area contributed by atoms with Gasteiger partial charge in [-0.2, -0.15) is 0 Å². The fourth-order valence-corrected chi connectivity index (χ4v) is 3.13. The summed E-state index contributed by atoms with van der Waals surface area (Å²) in [4.78, 5) is 41.4. The second-order valence-corrected chi connectivity index (χ2v) is 11.5. The van der Waals surface area contributed by atoms with E-state index in [0.717, 1.165) is 16.4 Å². The molecule has 0 fully saturated rings. The molecule has 196 valence electrons. The molecule has 0 heterocycles. The molecular formula is C24H36NO9P. The van der Waals surface area contributed by atoms with Gasteiger partial charge in [-0.15, -0.1) is 0 Å². The number of ether oxygens (including phenoxy) is 2. The summed E-state index contributed by atoms with van der Waals surface area (Å²) in [6, 6.07) is 9.26. The molecule has 0 N–H and O–H groups in total. The van der Waals surface area contributed by atoms with E-state index in [1.54, 1.807) is 41.5 Å². The Balaban J connectivity index is 2.82. The van der Waals surface area contributed by atoms with E-state index >= 15 is 0 Å². The highest BCUT2D eigenvalue weighted by Gasteiger charge is 2.28. The molecule has 11 heteroatoms. The Morgan fingerprint density at radius 3 is 1.80 bits per heavy atom. The number of esters is 2. The second kappa shape index (κ2) is 13.5. The molecule has 0 aliphatic carbocycles. The van der Waals surface area contributed by atoms with Gasteiger partial charge in [-0.25, -0.2) is 5.06 Å². The van der Waals surface area contributed by atoms with Gasteiger partial charge in [0.15, 0.2) is 0 Å². The lowest BCUT2D eigenvalue weighted by Crippen LogP contribution is -2.29. The van der Waals surface area contributed by atoms with Crippen LogP contribution in [0.15, 0.2) is 42.2 Å². The molecule has 1 rings (SSSR count). The van der Waals surface area contributed by atoms with Crippen molar-refractivity contribution in [2.75, 3.05) is 20.1 Å². The molecule has 10 nitrogen and oxygen atoms in total. The Morgan fingerprint density at radius 2 is 1.37 bits per heavy atom. The van der Waals surface area contributed by atoms with Crippen molar-refractivity contribution >= 4 is 25.4 Å². The Hall–Kier alpha value is -2.52. The molecule has 1 aromatic rings. The molecule has 0 radical (unpaired) electrons. The van der Waals surface area contributed by atoms with Crippen molar-refractivity contribution < 1.29 is 42.3 Å². The molecule has 0 saturated heterocycles. The minimum Gasteiger partial charge on any atom is -0.438 e. The fraction of sp³-hybridized carbons (Fsp3) is 0.542. The standard InChI is InChI=1S/C24H36NO9P/c1-19(26)25(32-16-20-12-9-8-10-13-20)14-11-15-35(29,33-17-30-21(27)23(2,3)4)34-18-31-22(28)24(5,6)7/h8-13,15H,14,16-18H2,1-7H3/b15-11+. The first-order valence-electron chi connectivity index (χ1n) is 11.0. The Kier molecular flexibility index (Phi) is 11.8. The van der Waals surface area contributed by atoms with E-state index in [0.29, 0.717) is 0 Å². The quantitative estimate of drug-likeness (QED) is 0.168. The predicted molar refractivity (Wildman–Crippen MR) is 128 cm³/mol. The maximum Gasteiger partial charge on any atom is 0.359 e. The number of hydroxylamine groups is 2. The monoisotopic (exact) mass is 513 g/mol. The first-order chi connectivity index (χ1) is 16.1. The van der Waals surface area contributed by atoms with Crippen LogP contribution in [-0.4, -0.2) is 43.0 Å². The molecule has 0 aliphatic rings. The van der Waals surface area contributed by atoms with E-state index in [1.165, 1.54) is 13.0 Å². The minimum atomic E-state index is -4.03. The van der Waals surface area contributed by atoms with Gasteiger partial charge in [-0.05, 0) is 47.1 Å². The summed E-state index contributed by atoms with van der Waals surface area (Å²) in [6.45, 7) is 10.1. The summed E-state index contributed by atoms with van der Waals surface area (Å²) in [7, 11) is -4.03. The van der Waals surface area contributed by atoms with Crippen LogP contribution in [0.2, 0.25) is 0 Å². The van der Waals surface area contributed by atoms with Crippen molar-refractivity contribution in [1.82, 2.24) is 5.06 Å². The average molecular weight is 514 g/mol. The molecule has 0 unspecified atom stereocenters. The molecule has 0 spiro atoms. The summed E-state index contributed by atoms with van der Waals surface area (Å²) in [6.07, 6.45) is 1.35. The van der Waals surface area contributed by atoms with Crippen LogP contribution < -0.4 is 0 Å². The van der Waals surface area contributed by atoms with Gasteiger partial charge in [0.25, 0.3) is 0 Å². The summed E-state index contributed by atoms with van der Waals surface area (Å²) in [5.41, 5.74) is -0.712. The van der Waals surface area contributed by atoms with Crippen LogP contribution in [-0.2, 0) is 48.9 Å². The van der Waals surface area contributed by atoms with Crippen molar-refractivity contribution in [1.29, 1.82) is 0 Å². The van der Waals surface area contributed by atoms with E-state index in [-0.39, 0.29) is 19.1 Å². The summed E-state index contributed by atoms with van der Waals surface area (Å²) >= 11 is 0. The van der Waals surface area contributed by atoms with Gasteiger partial charge in [0.05, 0.1) is 17.4 Å². The third kappa shape index (κ3) is 12.1. The van der Waals surface area contributed by atoms with Crippen LogP contribution in [0.5, 0.6) is 0 Å². The number of rotatable bonds is 12. The molecule has 0 bridgehead atoms. The van der Waals surface area contributed by atoms with Gasteiger partial charge >= 0.3 is 19.5 Å². The van der Waals surface area contributed by atoms with Crippen molar-refractivity contribution in [2.45, 2.75) is 55.1 Å². The highest BCUT2D eigenvalue weighted by Crippen LogP contribution is 2.50. The van der Waals surface area contributed by atoms with E-state index < -0.39 is 44.0 Å². The Bertz CT molecular complexity index is 881. The zero-order valence-corrected chi connectivity index (χ0v) is 22.3. The number of carbonyl (C=O) groups excluding carboxylic acids is 3. The Morgan fingerprint density at radius 1 is 0.886 bits per heavy atom. The van der Waals surface area contributed by atoms with Crippen LogP contribution >= 0.6 is 7.60 Å². The third-order valence-electron chi connectivity index (χ3n) is 4.21. The zero-order chi connectivity index (χ0) is 26.7. The molecule has 0 aromatic heterocycles. The lowest BCUT2D eigenvalue weighted by atomic mass is 9.98. The normalized spacial score (nSPS) is 12.4. The second-order valence-electron chi connectivity index (χ2n) is 9.62. The maximum absolute atomic E-state index is 13.1. The number of carbonyl (C=O) groups is 3. The highest BCUT2D eigenvalue weighted by molar-refractivity contribution is 7.57. The lowest BCUT2D eigenvalue weighted by molar-refractivity contribution is -0.185. The highest BCUT2D eigenvalue weighted by atomic mass is 31.2. The molecule has 0 atom stereocenters. The SMILES string of the molecule is CC(=O)N(C/C=C/P(=O)(OCOC(=O)C(C)(C)C)OCOC(=O)C(C)(C)C)OCc1ccccc1. The summed E-state index contributed by atoms with van der Waals surface area (Å²) in [5, 5.41) is 1.08. The van der Waals surface area contributed by atoms with Crippen LogP contribution in [0.1, 0.15) is 54.0 Å². The smallest absolute Gasteiger partial charge is 0.359 e. The molecule has 0 aliphatic heterocycles. The topological polar surface area (TPSA) is 118 Å². The van der Waals surface area contributed by atoms with Gasteiger partial charge in [-0.3, -0.25) is 32.8 Å².